The van der Waals surface area contributed by atoms with Crippen LogP contribution < -0.4 is 10.6 Å². The third-order valence-corrected chi connectivity index (χ3v) is 6.62. The van der Waals surface area contributed by atoms with Crippen LogP contribution in [0.2, 0.25) is 5.02 Å². The van der Waals surface area contributed by atoms with Crippen molar-refractivity contribution in [1.29, 1.82) is 0 Å². The first-order chi connectivity index (χ1) is 13.6. The Morgan fingerprint density at radius 3 is 2.82 bits per heavy atom. The third kappa shape index (κ3) is 4.22. The molecular weight excluding hydrogens is 414 g/mol. The number of thioether (sulfide) groups is 1. The number of nitrogens with zero attached hydrogens (tertiary/aromatic N) is 1. The second-order valence-electron chi connectivity index (χ2n) is 6.22. The maximum Gasteiger partial charge on any atom is 0.238 e. The van der Waals surface area contributed by atoms with E-state index in [0.29, 0.717) is 10.7 Å². The summed E-state index contributed by atoms with van der Waals surface area (Å²) in [5, 5.41) is 8.61. The van der Waals surface area contributed by atoms with Crippen LogP contribution in [0.25, 0.3) is 0 Å². The second kappa shape index (κ2) is 8.34. The van der Waals surface area contributed by atoms with Gasteiger partial charge < -0.3 is 10.6 Å². The standard InChI is InChI=1S/C20H16ClN3O2S2/c21-13-6-7-15-14(10-13)23-19(26)16(28-15)11-17(25)24-18(20-22-8-9-27-20)12-4-2-1-3-5-12/h1-10,16,18H,11H2,(H,23,26)(H,24,25)/t16-,18-/m0/s1. The Bertz CT molecular complexity index is 996. The molecule has 2 amide bonds. The van der Waals surface area contributed by atoms with Crippen molar-refractivity contribution in [3.05, 3.63) is 75.7 Å². The number of carbonyl (C=O) groups is 2. The number of hydrogen-bond acceptors (Lipinski definition) is 5. The van der Waals surface area contributed by atoms with Gasteiger partial charge in [0.05, 0.1) is 10.9 Å². The summed E-state index contributed by atoms with van der Waals surface area (Å²) in [6, 6.07) is 14.7. The highest BCUT2D eigenvalue weighted by molar-refractivity contribution is 8.01. The van der Waals surface area contributed by atoms with Crippen LogP contribution in [0.1, 0.15) is 23.0 Å². The Kier molecular flexibility index (Phi) is 5.66. The SMILES string of the molecule is O=C(C[C@@H]1Sc2ccc(Cl)cc2NC1=O)N[C@@H](c1ccccc1)c1nccs1. The first kappa shape index (κ1) is 19.0. The maximum atomic E-state index is 12.8. The molecule has 28 heavy (non-hydrogen) atoms. The van der Waals surface area contributed by atoms with E-state index in [1.807, 2.05) is 41.8 Å². The van der Waals surface area contributed by atoms with Crippen molar-refractivity contribution in [2.24, 2.45) is 0 Å². The largest absolute Gasteiger partial charge is 0.343 e. The van der Waals surface area contributed by atoms with Gasteiger partial charge in [-0.3, -0.25) is 9.59 Å². The summed E-state index contributed by atoms with van der Waals surface area (Å²) in [4.78, 5) is 30.4. The van der Waals surface area contributed by atoms with Gasteiger partial charge in [-0.15, -0.1) is 23.1 Å². The zero-order valence-electron chi connectivity index (χ0n) is 14.6. The van der Waals surface area contributed by atoms with E-state index in [9.17, 15) is 9.59 Å². The predicted molar refractivity (Wildman–Crippen MR) is 113 cm³/mol. The molecule has 142 valence electrons. The molecule has 2 aromatic carbocycles. The van der Waals surface area contributed by atoms with Crippen molar-refractivity contribution in [1.82, 2.24) is 10.3 Å². The topological polar surface area (TPSA) is 71.1 Å². The van der Waals surface area contributed by atoms with Crippen molar-refractivity contribution in [3.63, 3.8) is 0 Å². The zero-order valence-corrected chi connectivity index (χ0v) is 17.0. The molecule has 0 spiro atoms. The molecule has 0 radical (unpaired) electrons. The van der Waals surface area contributed by atoms with Crippen LogP contribution >= 0.6 is 34.7 Å². The number of rotatable bonds is 5. The minimum Gasteiger partial charge on any atom is -0.343 e. The Balaban J connectivity index is 1.48. The predicted octanol–water partition coefficient (Wildman–Crippen LogP) is 4.51. The molecule has 0 saturated carbocycles. The van der Waals surface area contributed by atoms with Crippen molar-refractivity contribution >= 4 is 52.2 Å². The number of thiazole rings is 1. The van der Waals surface area contributed by atoms with Crippen LogP contribution in [0.5, 0.6) is 0 Å². The van der Waals surface area contributed by atoms with Gasteiger partial charge in [-0.1, -0.05) is 41.9 Å². The molecule has 1 aliphatic rings. The van der Waals surface area contributed by atoms with Gasteiger partial charge >= 0.3 is 0 Å². The highest BCUT2D eigenvalue weighted by Crippen LogP contribution is 2.38. The second-order valence-corrected chi connectivity index (χ2v) is 8.83. The van der Waals surface area contributed by atoms with E-state index >= 15 is 0 Å². The summed E-state index contributed by atoms with van der Waals surface area (Å²) < 4.78 is 0. The van der Waals surface area contributed by atoms with E-state index in [0.717, 1.165) is 15.5 Å². The van der Waals surface area contributed by atoms with Gasteiger partial charge in [-0.05, 0) is 23.8 Å². The average Bonchev–Trinajstić information content (AvgIpc) is 3.22. The molecule has 0 unspecified atom stereocenters. The molecule has 1 aromatic heterocycles. The number of fused-ring (bicyclic) bond motifs is 1. The molecule has 0 aliphatic carbocycles. The number of nitrogens with one attached hydrogen (secondary N) is 2. The molecule has 0 saturated heterocycles. The monoisotopic (exact) mass is 429 g/mol. The van der Waals surface area contributed by atoms with Crippen molar-refractivity contribution in [2.45, 2.75) is 22.6 Å². The number of halogens is 1. The Morgan fingerprint density at radius 1 is 1.25 bits per heavy atom. The summed E-state index contributed by atoms with van der Waals surface area (Å²) in [7, 11) is 0. The average molecular weight is 430 g/mol. The zero-order chi connectivity index (χ0) is 19.5. The summed E-state index contributed by atoms with van der Waals surface area (Å²) >= 11 is 8.84. The van der Waals surface area contributed by atoms with Crippen LogP contribution in [-0.4, -0.2) is 22.0 Å². The molecule has 1 aliphatic heterocycles. The molecule has 0 fully saturated rings. The van der Waals surface area contributed by atoms with Gasteiger partial charge in [0.25, 0.3) is 0 Å². The van der Waals surface area contributed by atoms with Gasteiger partial charge in [0.15, 0.2) is 0 Å². The summed E-state index contributed by atoms with van der Waals surface area (Å²) in [5.41, 5.74) is 1.63. The number of aromatic nitrogens is 1. The molecule has 3 aromatic rings. The number of amides is 2. The van der Waals surface area contributed by atoms with Crippen molar-refractivity contribution in [3.8, 4) is 0 Å². The van der Waals surface area contributed by atoms with Gasteiger partial charge in [-0.2, -0.15) is 0 Å². The van der Waals surface area contributed by atoms with Gasteiger partial charge in [0, 0.05) is 27.9 Å². The maximum absolute atomic E-state index is 12.8. The highest BCUT2D eigenvalue weighted by atomic mass is 35.5. The van der Waals surface area contributed by atoms with E-state index in [1.54, 1.807) is 18.3 Å². The lowest BCUT2D eigenvalue weighted by Crippen LogP contribution is -2.36. The van der Waals surface area contributed by atoms with E-state index in [2.05, 4.69) is 15.6 Å². The van der Waals surface area contributed by atoms with Crippen LogP contribution in [0.3, 0.4) is 0 Å². The molecule has 2 heterocycles. The van der Waals surface area contributed by atoms with Gasteiger partial charge in [0.2, 0.25) is 11.8 Å². The fourth-order valence-corrected chi connectivity index (χ4v) is 4.93. The van der Waals surface area contributed by atoms with Crippen LogP contribution in [0.15, 0.2) is 65.0 Å². The number of carbonyl (C=O) groups excluding carboxylic acids is 2. The first-order valence-corrected chi connectivity index (χ1v) is 10.7. The lowest BCUT2D eigenvalue weighted by Gasteiger charge is -2.25. The molecule has 8 heteroatoms. The first-order valence-electron chi connectivity index (χ1n) is 8.61. The fraction of sp³-hybridized carbons (Fsp3) is 0.150. The van der Waals surface area contributed by atoms with Gasteiger partial charge in [0.1, 0.15) is 11.0 Å². The Morgan fingerprint density at radius 2 is 2.07 bits per heavy atom. The Hall–Kier alpha value is -2.35. The fourth-order valence-electron chi connectivity index (χ4n) is 2.96. The molecule has 2 atom stereocenters. The van der Waals surface area contributed by atoms with Crippen molar-refractivity contribution in [2.75, 3.05) is 5.32 Å². The number of hydrogen-bond donors (Lipinski definition) is 2. The molecule has 5 nitrogen and oxygen atoms in total. The summed E-state index contributed by atoms with van der Waals surface area (Å²) in [5.74, 6) is -0.394. The molecule has 0 bridgehead atoms. The summed E-state index contributed by atoms with van der Waals surface area (Å²) in [6.07, 6.45) is 1.79. The Labute approximate surface area is 175 Å². The third-order valence-electron chi connectivity index (χ3n) is 4.27. The van der Waals surface area contributed by atoms with Crippen LogP contribution in [-0.2, 0) is 9.59 Å². The van der Waals surface area contributed by atoms with Gasteiger partial charge in [-0.25, -0.2) is 4.98 Å². The quantitative estimate of drug-likeness (QED) is 0.626. The normalized spacial score (nSPS) is 16.8. The van der Waals surface area contributed by atoms with E-state index in [4.69, 9.17) is 11.6 Å². The van der Waals surface area contributed by atoms with Crippen molar-refractivity contribution < 1.29 is 9.59 Å². The van der Waals surface area contributed by atoms with Crippen LogP contribution in [0, 0.1) is 0 Å². The number of anilines is 1. The minimum absolute atomic E-state index is 0.0767. The lowest BCUT2D eigenvalue weighted by atomic mass is 10.1. The highest BCUT2D eigenvalue weighted by Gasteiger charge is 2.30. The minimum atomic E-state index is -0.499. The molecule has 2 N–H and O–H groups in total. The van der Waals surface area contributed by atoms with Crippen LogP contribution in [0.4, 0.5) is 5.69 Å². The van der Waals surface area contributed by atoms with E-state index in [-0.39, 0.29) is 24.3 Å². The number of benzene rings is 2. The van der Waals surface area contributed by atoms with E-state index in [1.165, 1.54) is 23.1 Å². The smallest absolute Gasteiger partial charge is 0.238 e. The summed E-state index contributed by atoms with van der Waals surface area (Å²) in [6.45, 7) is 0. The molecule has 4 rings (SSSR count). The molecular formula is C20H16ClN3O2S2. The lowest BCUT2D eigenvalue weighted by molar-refractivity contribution is -0.124. The van der Waals surface area contributed by atoms with E-state index < -0.39 is 5.25 Å².